The maximum absolute atomic E-state index is 12.8. The number of halogens is 3. The molecule has 1 aliphatic carbocycles. The van der Waals surface area contributed by atoms with Gasteiger partial charge in [-0.05, 0) is 43.1 Å². The van der Waals surface area contributed by atoms with Crippen LogP contribution in [0.15, 0.2) is 18.5 Å². The van der Waals surface area contributed by atoms with E-state index in [4.69, 9.17) is 4.74 Å². The van der Waals surface area contributed by atoms with E-state index in [1.807, 2.05) is 21.2 Å². The van der Waals surface area contributed by atoms with Gasteiger partial charge in [-0.15, -0.1) is 22.0 Å². The normalized spacial score (nSPS) is 19.9. The summed E-state index contributed by atoms with van der Waals surface area (Å²) < 4.78 is 48.6. The molecule has 0 saturated heterocycles. The molecule has 0 spiro atoms. The van der Waals surface area contributed by atoms with Crippen LogP contribution in [0.2, 0.25) is 0 Å². The third-order valence-electron chi connectivity index (χ3n) is 8.61. The lowest BCUT2D eigenvalue weighted by Crippen LogP contribution is -2.14. The Labute approximate surface area is 253 Å². The predicted molar refractivity (Wildman–Crippen MR) is 166 cm³/mol. The molecule has 6 nitrogen and oxygen atoms in total. The fraction of sp³-hybridized carbons (Fsp3) is 0.781. The summed E-state index contributed by atoms with van der Waals surface area (Å²) in [7, 11) is 0. The monoisotopic (exact) mass is 609 g/mol. The molecule has 0 amide bonds. The average Bonchev–Trinajstić information content (AvgIpc) is 3.65. The number of ether oxygens (including phenoxy) is 1. The van der Waals surface area contributed by atoms with E-state index < -0.39 is 11.9 Å². The van der Waals surface area contributed by atoms with Gasteiger partial charge in [0.1, 0.15) is 12.6 Å². The average molecular weight is 610 g/mol. The molecule has 3 aromatic heterocycles. The summed E-state index contributed by atoms with van der Waals surface area (Å²) in [6.45, 7) is 10.2. The zero-order valence-electron chi connectivity index (χ0n) is 26.0. The van der Waals surface area contributed by atoms with Crippen LogP contribution in [-0.4, -0.2) is 47.9 Å². The highest BCUT2D eigenvalue weighted by Crippen LogP contribution is 2.46. The quantitative estimate of drug-likeness (QED) is 0.143. The summed E-state index contributed by atoms with van der Waals surface area (Å²) in [4.78, 5) is 4.64. The largest absolute Gasteiger partial charge is 0.397 e. The summed E-state index contributed by atoms with van der Waals surface area (Å²) in [5, 5.41) is 8.87. The number of hydrogen-bond donors (Lipinski definition) is 0. The van der Waals surface area contributed by atoms with Crippen molar-refractivity contribution in [2.75, 3.05) is 12.4 Å². The fourth-order valence-electron chi connectivity index (χ4n) is 6.32. The molecule has 0 aliphatic heterocycles. The van der Waals surface area contributed by atoms with Crippen molar-refractivity contribution in [2.24, 2.45) is 11.3 Å². The highest BCUT2D eigenvalue weighted by Gasteiger charge is 2.39. The molecule has 236 valence electrons. The van der Waals surface area contributed by atoms with E-state index in [0.717, 1.165) is 54.6 Å². The Hall–Kier alpha value is -1.81. The van der Waals surface area contributed by atoms with E-state index in [9.17, 15) is 13.2 Å². The first-order valence-electron chi connectivity index (χ1n) is 16.0. The zero-order chi connectivity index (χ0) is 30.2. The number of alkyl halides is 3. The molecule has 3 aromatic rings. The second-order valence-electron chi connectivity index (χ2n) is 13.3. The predicted octanol–water partition coefficient (Wildman–Crippen LogP) is 9.57. The third-order valence-corrected chi connectivity index (χ3v) is 9.96. The van der Waals surface area contributed by atoms with Crippen molar-refractivity contribution in [3.8, 4) is 0 Å². The smallest absolute Gasteiger partial charge is 0.361 e. The molecule has 1 saturated carbocycles. The lowest BCUT2D eigenvalue weighted by molar-refractivity contribution is -0.105. The van der Waals surface area contributed by atoms with Crippen molar-refractivity contribution in [3.63, 3.8) is 0 Å². The lowest BCUT2D eigenvalue weighted by Gasteiger charge is -2.17. The Morgan fingerprint density at radius 3 is 2.31 bits per heavy atom. The molecule has 0 N–H and O–H groups in total. The SMILES string of the molecule is CCC1CC(SCC(F)(F)F)CC1c1nnc2cnc3c(ccn3COCCCCCCCCCCCC(C)(C)C)n12. The van der Waals surface area contributed by atoms with Gasteiger partial charge in [0.05, 0.1) is 17.5 Å². The van der Waals surface area contributed by atoms with Crippen LogP contribution < -0.4 is 0 Å². The molecule has 0 radical (unpaired) electrons. The standard InChI is InChI=1S/C32H50F3N5OS/c1-5-24-19-25(42-22-32(33,34)35)20-26(24)29-38-37-28-21-36-30-27(40(28)29)15-17-39(30)23-41-18-14-12-10-8-6-7-9-11-13-16-31(2,3)4/h15,17,21,24-26H,5-14,16,18-20,22-23H2,1-4H3. The van der Waals surface area contributed by atoms with Gasteiger partial charge in [0.15, 0.2) is 11.3 Å². The van der Waals surface area contributed by atoms with E-state index in [0.29, 0.717) is 24.2 Å². The maximum atomic E-state index is 12.8. The van der Waals surface area contributed by atoms with Crippen LogP contribution in [0.5, 0.6) is 0 Å². The van der Waals surface area contributed by atoms with Gasteiger partial charge in [0, 0.05) is 24.0 Å². The number of nitrogens with zero attached hydrogens (tertiary/aromatic N) is 5. The van der Waals surface area contributed by atoms with Crippen molar-refractivity contribution in [1.29, 1.82) is 0 Å². The number of fused-ring (bicyclic) bond motifs is 3. The van der Waals surface area contributed by atoms with Crippen molar-refractivity contribution >= 4 is 28.6 Å². The van der Waals surface area contributed by atoms with E-state index in [-0.39, 0.29) is 17.1 Å². The molecule has 0 aromatic carbocycles. The van der Waals surface area contributed by atoms with Gasteiger partial charge in [0.2, 0.25) is 0 Å². The van der Waals surface area contributed by atoms with Crippen LogP contribution in [0.4, 0.5) is 13.2 Å². The van der Waals surface area contributed by atoms with Crippen molar-refractivity contribution in [3.05, 3.63) is 24.3 Å². The molecule has 3 heterocycles. The number of unbranched alkanes of at least 4 members (excludes halogenated alkanes) is 8. The van der Waals surface area contributed by atoms with Crippen molar-refractivity contribution in [2.45, 2.75) is 135 Å². The molecule has 3 unspecified atom stereocenters. The molecule has 3 atom stereocenters. The number of hydrogen-bond acceptors (Lipinski definition) is 5. The Bertz CT molecular complexity index is 1230. The molecule has 42 heavy (non-hydrogen) atoms. The van der Waals surface area contributed by atoms with E-state index in [2.05, 4.69) is 42.9 Å². The molecular weight excluding hydrogens is 559 g/mol. The van der Waals surface area contributed by atoms with Crippen molar-refractivity contribution < 1.29 is 17.9 Å². The fourth-order valence-corrected chi connectivity index (χ4v) is 7.47. The summed E-state index contributed by atoms with van der Waals surface area (Å²) >= 11 is 1.03. The molecule has 4 rings (SSSR count). The number of thioether (sulfide) groups is 1. The van der Waals surface area contributed by atoms with Gasteiger partial charge in [-0.3, -0.25) is 4.40 Å². The Morgan fingerprint density at radius 1 is 0.952 bits per heavy atom. The van der Waals surface area contributed by atoms with Crippen LogP contribution in [-0.2, 0) is 11.5 Å². The second kappa shape index (κ2) is 15.3. The van der Waals surface area contributed by atoms with Crippen LogP contribution in [0.3, 0.4) is 0 Å². The molecule has 10 heteroatoms. The third kappa shape index (κ3) is 9.60. The van der Waals surface area contributed by atoms with Crippen LogP contribution >= 0.6 is 11.8 Å². The Balaban J connectivity index is 1.22. The van der Waals surface area contributed by atoms with Crippen molar-refractivity contribution in [1.82, 2.24) is 24.1 Å². The highest BCUT2D eigenvalue weighted by molar-refractivity contribution is 7.99. The topological polar surface area (TPSA) is 57.2 Å². The van der Waals surface area contributed by atoms with Gasteiger partial charge < -0.3 is 9.30 Å². The first-order valence-corrected chi connectivity index (χ1v) is 17.1. The minimum atomic E-state index is -4.14. The van der Waals surface area contributed by atoms with Crippen LogP contribution in [0.1, 0.15) is 123 Å². The van der Waals surface area contributed by atoms with Gasteiger partial charge in [0.25, 0.3) is 0 Å². The minimum Gasteiger partial charge on any atom is -0.361 e. The first-order chi connectivity index (χ1) is 20.1. The number of rotatable bonds is 17. The van der Waals surface area contributed by atoms with E-state index >= 15 is 0 Å². The van der Waals surface area contributed by atoms with Gasteiger partial charge in [-0.1, -0.05) is 85.5 Å². The number of aromatic nitrogens is 5. The van der Waals surface area contributed by atoms with Gasteiger partial charge in [-0.25, -0.2) is 4.98 Å². The minimum absolute atomic E-state index is 0.0207. The Kier molecular flexibility index (Phi) is 12.0. The Morgan fingerprint density at radius 2 is 1.64 bits per heavy atom. The van der Waals surface area contributed by atoms with Gasteiger partial charge >= 0.3 is 6.18 Å². The van der Waals surface area contributed by atoms with E-state index in [1.54, 1.807) is 6.20 Å². The molecule has 0 bridgehead atoms. The second-order valence-corrected chi connectivity index (χ2v) is 14.6. The molecule has 1 aliphatic rings. The van der Waals surface area contributed by atoms with E-state index in [1.165, 1.54) is 57.8 Å². The summed E-state index contributed by atoms with van der Waals surface area (Å²) in [5.74, 6) is 0.406. The van der Waals surface area contributed by atoms with Crippen LogP contribution in [0.25, 0.3) is 16.8 Å². The van der Waals surface area contributed by atoms with Gasteiger partial charge in [-0.2, -0.15) is 13.2 Å². The highest BCUT2D eigenvalue weighted by atomic mass is 32.2. The molecular formula is C32H50F3N5OS. The first kappa shape index (κ1) is 33.1. The summed E-state index contributed by atoms with van der Waals surface area (Å²) in [6, 6.07) is 2.01. The zero-order valence-corrected chi connectivity index (χ0v) is 26.8. The lowest BCUT2D eigenvalue weighted by atomic mass is 9.89. The van der Waals surface area contributed by atoms with Crippen LogP contribution in [0, 0.1) is 11.3 Å². The molecule has 1 fully saturated rings. The summed E-state index contributed by atoms with van der Waals surface area (Å²) in [6.07, 6.45) is 14.9. The summed E-state index contributed by atoms with van der Waals surface area (Å²) in [5.41, 5.74) is 2.85. The maximum Gasteiger partial charge on any atom is 0.397 e.